The van der Waals surface area contributed by atoms with Crippen LogP contribution in [0, 0.1) is 0 Å². The lowest BCUT2D eigenvalue weighted by molar-refractivity contribution is -0.137. The molecule has 0 N–H and O–H groups in total. The van der Waals surface area contributed by atoms with E-state index in [2.05, 4.69) is 6.92 Å². The highest BCUT2D eigenvalue weighted by Gasteiger charge is 1.94. The fourth-order valence-corrected chi connectivity index (χ4v) is 1.44. The second kappa shape index (κ2) is 9.23. The molecule has 0 saturated carbocycles. The zero-order valence-electron chi connectivity index (χ0n) is 10.8. The summed E-state index contributed by atoms with van der Waals surface area (Å²) in [6, 6.07) is 9.94. The first-order chi connectivity index (χ1) is 8.83. The number of ether oxygens (including phenoxy) is 1. The van der Waals surface area contributed by atoms with Crippen molar-refractivity contribution in [1.29, 1.82) is 0 Å². The van der Waals surface area contributed by atoms with E-state index in [1.165, 1.54) is 6.08 Å². The average Bonchev–Trinajstić information content (AvgIpc) is 2.41. The van der Waals surface area contributed by atoms with Crippen LogP contribution >= 0.6 is 0 Å². The van der Waals surface area contributed by atoms with E-state index in [-0.39, 0.29) is 5.97 Å². The smallest absolute Gasteiger partial charge is 0.330 e. The number of unbranched alkanes of at least 4 members (excludes halogenated alkanes) is 2. The molecule has 0 amide bonds. The van der Waals surface area contributed by atoms with Gasteiger partial charge in [0.25, 0.3) is 0 Å². The van der Waals surface area contributed by atoms with Gasteiger partial charge in [0.2, 0.25) is 0 Å². The quantitative estimate of drug-likeness (QED) is 0.314. The molecule has 2 heteroatoms. The van der Waals surface area contributed by atoms with Crippen LogP contribution in [0.5, 0.6) is 0 Å². The van der Waals surface area contributed by atoms with E-state index in [0.29, 0.717) is 6.61 Å². The lowest BCUT2D eigenvalue weighted by Crippen LogP contribution is -2.01. The largest absolute Gasteiger partial charge is 0.463 e. The Hall–Kier alpha value is -1.83. The Morgan fingerprint density at radius 3 is 2.67 bits per heavy atom. The molecule has 96 valence electrons. The van der Waals surface area contributed by atoms with Crippen molar-refractivity contribution in [2.24, 2.45) is 0 Å². The molecule has 18 heavy (non-hydrogen) atoms. The number of benzene rings is 1. The molecule has 1 aromatic rings. The van der Waals surface area contributed by atoms with Crippen molar-refractivity contribution < 1.29 is 9.53 Å². The molecule has 0 atom stereocenters. The van der Waals surface area contributed by atoms with E-state index in [1.807, 2.05) is 42.5 Å². The Bertz CT molecular complexity index is 391. The van der Waals surface area contributed by atoms with Crippen LogP contribution in [0.1, 0.15) is 31.7 Å². The van der Waals surface area contributed by atoms with Gasteiger partial charge in [0.15, 0.2) is 0 Å². The molecule has 0 heterocycles. The van der Waals surface area contributed by atoms with Crippen LogP contribution < -0.4 is 0 Å². The standard InChI is InChI=1S/C16H20O2/c1-2-3-9-14-18-16(17)13-8-7-12-15-10-5-4-6-11-15/h4-8,10-13H,2-3,9,14H2,1H3/b12-7+,13-8+. The van der Waals surface area contributed by atoms with E-state index < -0.39 is 0 Å². The summed E-state index contributed by atoms with van der Waals surface area (Å²) < 4.78 is 5.04. The second-order valence-corrected chi connectivity index (χ2v) is 4.00. The molecule has 0 bridgehead atoms. The first-order valence-corrected chi connectivity index (χ1v) is 6.39. The first kappa shape index (κ1) is 14.2. The Morgan fingerprint density at radius 2 is 1.94 bits per heavy atom. The van der Waals surface area contributed by atoms with Crippen molar-refractivity contribution >= 4 is 12.0 Å². The van der Waals surface area contributed by atoms with Crippen LogP contribution in [0.3, 0.4) is 0 Å². The predicted octanol–water partition coefficient (Wildman–Crippen LogP) is 3.99. The monoisotopic (exact) mass is 244 g/mol. The van der Waals surface area contributed by atoms with Crippen molar-refractivity contribution in [3.63, 3.8) is 0 Å². The topological polar surface area (TPSA) is 26.3 Å². The van der Waals surface area contributed by atoms with Gasteiger partial charge in [0, 0.05) is 6.08 Å². The van der Waals surface area contributed by atoms with Crippen molar-refractivity contribution in [3.8, 4) is 0 Å². The molecule has 0 saturated heterocycles. The number of carbonyl (C=O) groups excluding carboxylic acids is 1. The Kier molecular flexibility index (Phi) is 7.29. The van der Waals surface area contributed by atoms with Gasteiger partial charge >= 0.3 is 5.97 Å². The van der Waals surface area contributed by atoms with E-state index in [0.717, 1.165) is 24.8 Å². The minimum Gasteiger partial charge on any atom is -0.463 e. The molecular weight excluding hydrogens is 224 g/mol. The van der Waals surface area contributed by atoms with Gasteiger partial charge in [-0.1, -0.05) is 68.3 Å². The molecule has 2 nitrogen and oxygen atoms in total. The summed E-state index contributed by atoms with van der Waals surface area (Å²) in [4.78, 5) is 11.3. The van der Waals surface area contributed by atoms with Gasteiger partial charge in [-0.15, -0.1) is 0 Å². The van der Waals surface area contributed by atoms with Crippen LogP contribution in [0.15, 0.2) is 48.6 Å². The number of allylic oxidation sites excluding steroid dienone is 2. The van der Waals surface area contributed by atoms with Gasteiger partial charge in [0.1, 0.15) is 0 Å². The molecule has 1 rings (SSSR count). The van der Waals surface area contributed by atoms with Crippen molar-refractivity contribution in [1.82, 2.24) is 0 Å². The molecule has 0 spiro atoms. The maximum absolute atomic E-state index is 11.3. The van der Waals surface area contributed by atoms with Crippen molar-refractivity contribution in [2.75, 3.05) is 6.61 Å². The highest BCUT2D eigenvalue weighted by Crippen LogP contribution is 2.01. The lowest BCUT2D eigenvalue weighted by atomic mass is 10.2. The molecule has 1 aromatic carbocycles. The summed E-state index contributed by atoms with van der Waals surface area (Å²) >= 11 is 0. The fourth-order valence-electron chi connectivity index (χ4n) is 1.44. The summed E-state index contributed by atoms with van der Waals surface area (Å²) in [5.41, 5.74) is 1.11. The zero-order valence-corrected chi connectivity index (χ0v) is 10.8. The number of rotatable bonds is 7. The third kappa shape index (κ3) is 6.69. The molecule has 0 fully saturated rings. The lowest BCUT2D eigenvalue weighted by Gasteiger charge is -1.99. The molecule has 0 aromatic heterocycles. The summed E-state index contributed by atoms with van der Waals surface area (Å²) in [5, 5.41) is 0. The van der Waals surface area contributed by atoms with Gasteiger partial charge in [-0.05, 0) is 12.0 Å². The number of carbonyl (C=O) groups is 1. The van der Waals surface area contributed by atoms with Crippen LogP contribution in [-0.4, -0.2) is 12.6 Å². The van der Waals surface area contributed by atoms with Crippen LogP contribution in [0.2, 0.25) is 0 Å². The third-order valence-corrected chi connectivity index (χ3v) is 2.42. The number of hydrogen-bond acceptors (Lipinski definition) is 2. The molecular formula is C16H20O2. The van der Waals surface area contributed by atoms with Crippen LogP contribution in [-0.2, 0) is 9.53 Å². The maximum atomic E-state index is 11.3. The van der Waals surface area contributed by atoms with Gasteiger partial charge in [-0.2, -0.15) is 0 Å². The van der Waals surface area contributed by atoms with E-state index >= 15 is 0 Å². The molecule has 0 unspecified atom stereocenters. The maximum Gasteiger partial charge on any atom is 0.330 e. The Balaban J connectivity index is 2.23. The highest BCUT2D eigenvalue weighted by atomic mass is 16.5. The highest BCUT2D eigenvalue weighted by molar-refractivity contribution is 5.82. The Labute approximate surface area is 109 Å². The second-order valence-electron chi connectivity index (χ2n) is 4.00. The number of hydrogen-bond donors (Lipinski definition) is 0. The van der Waals surface area contributed by atoms with Crippen LogP contribution in [0.25, 0.3) is 6.08 Å². The van der Waals surface area contributed by atoms with E-state index in [4.69, 9.17) is 4.74 Å². The van der Waals surface area contributed by atoms with Crippen LogP contribution in [0.4, 0.5) is 0 Å². The van der Waals surface area contributed by atoms with Gasteiger partial charge in [-0.25, -0.2) is 4.79 Å². The fraction of sp³-hybridized carbons (Fsp3) is 0.312. The molecule has 0 radical (unpaired) electrons. The zero-order chi connectivity index (χ0) is 13.1. The normalized spacial score (nSPS) is 11.2. The average molecular weight is 244 g/mol. The summed E-state index contributed by atoms with van der Waals surface area (Å²) in [6.07, 6.45) is 10.1. The minimum atomic E-state index is -0.274. The summed E-state index contributed by atoms with van der Waals surface area (Å²) in [5.74, 6) is -0.274. The van der Waals surface area contributed by atoms with Gasteiger partial charge < -0.3 is 4.74 Å². The summed E-state index contributed by atoms with van der Waals surface area (Å²) in [7, 11) is 0. The molecule has 0 aliphatic carbocycles. The molecule has 0 aliphatic rings. The van der Waals surface area contributed by atoms with Gasteiger partial charge in [-0.3, -0.25) is 0 Å². The number of esters is 1. The molecule has 0 aliphatic heterocycles. The van der Waals surface area contributed by atoms with E-state index in [1.54, 1.807) is 6.08 Å². The summed E-state index contributed by atoms with van der Waals surface area (Å²) in [6.45, 7) is 2.63. The Morgan fingerprint density at radius 1 is 1.17 bits per heavy atom. The van der Waals surface area contributed by atoms with Gasteiger partial charge in [0.05, 0.1) is 6.61 Å². The SMILES string of the molecule is CCCCCOC(=O)/C=C/C=C/c1ccccc1. The third-order valence-electron chi connectivity index (χ3n) is 2.42. The first-order valence-electron chi connectivity index (χ1n) is 6.39. The van der Waals surface area contributed by atoms with Crippen molar-refractivity contribution in [2.45, 2.75) is 26.2 Å². The predicted molar refractivity (Wildman–Crippen MR) is 75.1 cm³/mol. The minimum absolute atomic E-state index is 0.274. The van der Waals surface area contributed by atoms with E-state index in [9.17, 15) is 4.79 Å². The van der Waals surface area contributed by atoms with Crippen molar-refractivity contribution in [3.05, 3.63) is 54.1 Å².